The van der Waals surface area contributed by atoms with Crippen LogP contribution >= 0.6 is 22.7 Å². The van der Waals surface area contributed by atoms with E-state index in [-0.39, 0.29) is 5.92 Å². The number of carboxylic acid groups (broad SMARTS) is 1. The second-order valence-corrected chi connectivity index (χ2v) is 6.23. The van der Waals surface area contributed by atoms with Gasteiger partial charge in [-0.2, -0.15) is 11.3 Å². The molecule has 2 heterocycles. The van der Waals surface area contributed by atoms with Crippen molar-refractivity contribution in [3.63, 3.8) is 0 Å². The number of thiazole rings is 1. The van der Waals surface area contributed by atoms with Gasteiger partial charge >= 0.3 is 5.97 Å². The van der Waals surface area contributed by atoms with Crippen molar-refractivity contribution in [2.24, 2.45) is 5.92 Å². The first-order valence-corrected chi connectivity index (χ1v) is 7.83. The number of thiophene rings is 1. The number of aliphatic carboxylic acids is 1. The molecule has 4 nitrogen and oxygen atoms in total. The van der Waals surface area contributed by atoms with Gasteiger partial charge in [0.1, 0.15) is 11.0 Å². The van der Waals surface area contributed by atoms with Gasteiger partial charge in [0.05, 0.1) is 5.69 Å². The molecule has 2 rings (SSSR count). The Balaban J connectivity index is 1.99. The number of hydrogen-bond donors (Lipinski definition) is 2. The highest BCUT2D eigenvalue weighted by Gasteiger charge is 2.20. The van der Waals surface area contributed by atoms with Gasteiger partial charge in [-0.25, -0.2) is 4.98 Å². The van der Waals surface area contributed by atoms with E-state index in [9.17, 15) is 4.79 Å². The highest BCUT2D eigenvalue weighted by atomic mass is 32.1. The zero-order valence-electron chi connectivity index (χ0n) is 10.8. The van der Waals surface area contributed by atoms with E-state index in [0.717, 1.165) is 16.3 Å². The first kappa shape index (κ1) is 14.2. The number of rotatable bonds is 6. The second kappa shape index (κ2) is 6.27. The van der Waals surface area contributed by atoms with Crippen LogP contribution in [0, 0.1) is 5.92 Å². The van der Waals surface area contributed by atoms with Gasteiger partial charge in [0.15, 0.2) is 0 Å². The number of hydrogen-bond acceptors (Lipinski definition) is 5. The van der Waals surface area contributed by atoms with Gasteiger partial charge in [-0.3, -0.25) is 10.1 Å². The standard InChI is InChI=1S/C13H16N2O2S2/c1-8(2)11(13(16)17)14-5-10-7-19-12(15-10)9-3-4-18-6-9/h3-4,6-8,11,14H,5H2,1-2H3,(H,16,17). The van der Waals surface area contributed by atoms with Crippen LogP contribution in [-0.4, -0.2) is 22.1 Å². The molecule has 0 amide bonds. The van der Waals surface area contributed by atoms with Crippen molar-refractivity contribution in [1.29, 1.82) is 0 Å². The molecule has 0 bridgehead atoms. The molecule has 19 heavy (non-hydrogen) atoms. The van der Waals surface area contributed by atoms with Crippen LogP contribution < -0.4 is 5.32 Å². The molecule has 0 aliphatic heterocycles. The molecule has 0 radical (unpaired) electrons. The zero-order chi connectivity index (χ0) is 13.8. The van der Waals surface area contributed by atoms with Crippen LogP contribution in [0.2, 0.25) is 0 Å². The fourth-order valence-corrected chi connectivity index (χ4v) is 3.26. The number of aromatic nitrogens is 1. The summed E-state index contributed by atoms with van der Waals surface area (Å²) in [5, 5.41) is 19.2. The van der Waals surface area contributed by atoms with Crippen molar-refractivity contribution in [2.45, 2.75) is 26.4 Å². The average Bonchev–Trinajstić information content (AvgIpc) is 2.98. The number of nitrogens with one attached hydrogen (secondary N) is 1. The minimum absolute atomic E-state index is 0.0486. The lowest BCUT2D eigenvalue weighted by atomic mass is 10.1. The van der Waals surface area contributed by atoms with Gasteiger partial charge in [-0.05, 0) is 17.4 Å². The maximum Gasteiger partial charge on any atom is 0.320 e. The van der Waals surface area contributed by atoms with Gasteiger partial charge in [0, 0.05) is 22.9 Å². The molecular weight excluding hydrogens is 280 g/mol. The molecule has 6 heteroatoms. The third-order valence-electron chi connectivity index (χ3n) is 2.76. The summed E-state index contributed by atoms with van der Waals surface area (Å²) in [6, 6.07) is 1.50. The molecule has 0 fully saturated rings. The molecule has 102 valence electrons. The SMILES string of the molecule is CC(C)C(NCc1csc(-c2ccsc2)n1)C(=O)O. The number of carboxylic acids is 1. The summed E-state index contributed by atoms with van der Waals surface area (Å²) in [7, 11) is 0. The minimum Gasteiger partial charge on any atom is -0.480 e. The van der Waals surface area contributed by atoms with Crippen molar-refractivity contribution >= 4 is 28.6 Å². The molecule has 0 aliphatic carbocycles. The van der Waals surface area contributed by atoms with E-state index in [4.69, 9.17) is 5.11 Å². The van der Waals surface area contributed by atoms with Gasteiger partial charge < -0.3 is 5.11 Å². The van der Waals surface area contributed by atoms with Crippen LogP contribution in [0.3, 0.4) is 0 Å². The molecule has 2 aromatic heterocycles. The van der Waals surface area contributed by atoms with Gasteiger partial charge in [-0.15, -0.1) is 11.3 Å². The van der Waals surface area contributed by atoms with E-state index in [1.807, 2.05) is 30.7 Å². The van der Waals surface area contributed by atoms with Crippen LogP contribution in [0.4, 0.5) is 0 Å². The summed E-state index contributed by atoms with van der Waals surface area (Å²) in [6.07, 6.45) is 0. The van der Waals surface area contributed by atoms with Crippen molar-refractivity contribution in [2.75, 3.05) is 0 Å². The topological polar surface area (TPSA) is 62.2 Å². The Morgan fingerprint density at radius 1 is 1.47 bits per heavy atom. The van der Waals surface area contributed by atoms with E-state index in [1.165, 1.54) is 0 Å². The Morgan fingerprint density at radius 2 is 2.26 bits per heavy atom. The highest BCUT2D eigenvalue weighted by molar-refractivity contribution is 7.14. The van der Waals surface area contributed by atoms with Gasteiger partial charge in [0.2, 0.25) is 0 Å². The quantitative estimate of drug-likeness (QED) is 0.860. The maximum absolute atomic E-state index is 11.1. The van der Waals surface area contributed by atoms with E-state index in [2.05, 4.69) is 15.7 Å². The summed E-state index contributed by atoms with van der Waals surface area (Å²) in [6.45, 7) is 4.27. The van der Waals surface area contributed by atoms with Crippen LogP contribution in [-0.2, 0) is 11.3 Å². The van der Waals surface area contributed by atoms with Crippen LogP contribution in [0.25, 0.3) is 10.6 Å². The van der Waals surface area contributed by atoms with Crippen molar-refractivity contribution in [3.05, 3.63) is 27.9 Å². The van der Waals surface area contributed by atoms with Crippen molar-refractivity contribution in [3.8, 4) is 10.6 Å². The molecular formula is C13H16N2O2S2. The summed E-state index contributed by atoms with van der Waals surface area (Å²) in [5.74, 6) is -0.768. The molecule has 0 saturated heterocycles. The molecule has 0 aliphatic rings. The predicted molar refractivity (Wildman–Crippen MR) is 78.5 cm³/mol. The number of carbonyl (C=O) groups is 1. The van der Waals surface area contributed by atoms with E-state index in [0.29, 0.717) is 6.54 Å². The summed E-state index contributed by atoms with van der Waals surface area (Å²) < 4.78 is 0. The highest BCUT2D eigenvalue weighted by Crippen LogP contribution is 2.25. The minimum atomic E-state index is -0.816. The van der Waals surface area contributed by atoms with Crippen LogP contribution in [0.1, 0.15) is 19.5 Å². The summed E-state index contributed by atoms with van der Waals surface area (Å²) >= 11 is 3.23. The first-order chi connectivity index (χ1) is 9.08. The fraction of sp³-hybridized carbons (Fsp3) is 0.385. The third kappa shape index (κ3) is 3.62. The van der Waals surface area contributed by atoms with E-state index in [1.54, 1.807) is 22.7 Å². The maximum atomic E-state index is 11.1. The predicted octanol–water partition coefficient (Wildman–Crippen LogP) is 3.07. The number of nitrogens with zero attached hydrogens (tertiary/aromatic N) is 1. The molecule has 2 N–H and O–H groups in total. The monoisotopic (exact) mass is 296 g/mol. The molecule has 0 saturated carbocycles. The Bertz CT molecular complexity index is 535. The van der Waals surface area contributed by atoms with Gasteiger partial charge in [0.25, 0.3) is 0 Å². The summed E-state index contributed by atoms with van der Waals surface area (Å²) in [4.78, 5) is 15.6. The van der Waals surface area contributed by atoms with E-state index < -0.39 is 12.0 Å². The normalized spacial score (nSPS) is 12.8. The van der Waals surface area contributed by atoms with E-state index >= 15 is 0 Å². The third-order valence-corrected chi connectivity index (χ3v) is 4.38. The Labute approximate surface area is 120 Å². The lowest BCUT2D eigenvalue weighted by molar-refractivity contribution is -0.140. The smallest absolute Gasteiger partial charge is 0.320 e. The summed E-state index contributed by atoms with van der Waals surface area (Å²) in [5.41, 5.74) is 2.01. The molecule has 0 aromatic carbocycles. The Morgan fingerprint density at radius 3 is 2.84 bits per heavy atom. The average molecular weight is 296 g/mol. The molecule has 2 aromatic rings. The molecule has 1 unspecified atom stereocenters. The van der Waals surface area contributed by atoms with Gasteiger partial charge in [-0.1, -0.05) is 13.8 Å². The molecule has 1 atom stereocenters. The first-order valence-electron chi connectivity index (χ1n) is 6.01. The molecule has 0 spiro atoms. The van der Waals surface area contributed by atoms with Crippen molar-refractivity contribution < 1.29 is 9.90 Å². The lowest BCUT2D eigenvalue weighted by Gasteiger charge is -2.16. The van der Waals surface area contributed by atoms with Crippen LogP contribution in [0.15, 0.2) is 22.2 Å². The second-order valence-electron chi connectivity index (χ2n) is 4.60. The largest absolute Gasteiger partial charge is 0.480 e. The van der Waals surface area contributed by atoms with Crippen molar-refractivity contribution in [1.82, 2.24) is 10.3 Å². The lowest BCUT2D eigenvalue weighted by Crippen LogP contribution is -2.40. The fourth-order valence-electron chi connectivity index (χ4n) is 1.73. The Kier molecular flexibility index (Phi) is 4.68. The Hall–Kier alpha value is -1.24. The zero-order valence-corrected chi connectivity index (χ0v) is 12.4. The van der Waals surface area contributed by atoms with Crippen LogP contribution in [0.5, 0.6) is 0 Å².